The van der Waals surface area contributed by atoms with Crippen LogP contribution in [0.4, 0.5) is 17.3 Å². The van der Waals surface area contributed by atoms with Crippen molar-refractivity contribution in [3.8, 4) is 23.3 Å². The Labute approximate surface area is 229 Å². The minimum absolute atomic E-state index is 0.00915. The van der Waals surface area contributed by atoms with Gasteiger partial charge in [0.1, 0.15) is 34.4 Å². The number of carbonyl (C=O) groups excluding carboxylic acids is 1. The molecule has 12 heteroatoms. The summed E-state index contributed by atoms with van der Waals surface area (Å²) in [7, 11) is -3.83. The van der Waals surface area contributed by atoms with Crippen molar-refractivity contribution < 1.29 is 13.2 Å². The number of sulfonamides is 1. The predicted octanol–water partition coefficient (Wildman–Crippen LogP) is 4.39. The number of anilines is 3. The van der Waals surface area contributed by atoms with Crippen molar-refractivity contribution in [3.63, 3.8) is 0 Å². The van der Waals surface area contributed by atoms with E-state index in [1.807, 2.05) is 12.1 Å². The number of aromatic nitrogens is 2. The van der Waals surface area contributed by atoms with Crippen molar-refractivity contribution in [2.45, 2.75) is 16.3 Å². The van der Waals surface area contributed by atoms with Crippen LogP contribution >= 0.6 is 11.8 Å². The Morgan fingerprint density at radius 1 is 0.949 bits per heavy atom. The largest absolute Gasteiger partial charge is 0.383 e. The molecule has 2 aromatic heterocycles. The maximum absolute atomic E-state index is 12.5. The van der Waals surface area contributed by atoms with E-state index in [1.165, 1.54) is 48.3 Å². The molecule has 194 valence electrons. The Morgan fingerprint density at radius 2 is 1.64 bits per heavy atom. The van der Waals surface area contributed by atoms with Gasteiger partial charge in [0.05, 0.1) is 10.5 Å². The minimum atomic E-state index is -3.83. The lowest BCUT2D eigenvalue weighted by Gasteiger charge is -2.13. The van der Waals surface area contributed by atoms with Crippen LogP contribution in [0.2, 0.25) is 0 Å². The Kier molecular flexibility index (Phi) is 8.41. The molecule has 4 rings (SSSR count). The van der Waals surface area contributed by atoms with Gasteiger partial charge in [-0.1, -0.05) is 36.4 Å². The van der Waals surface area contributed by atoms with E-state index < -0.39 is 10.0 Å². The highest BCUT2D eigenvalue weighted by molar-refractivity contribution is 7.99. The summed E-state index contributed by atoms with van der Waals surface area (Å²) in [6.45, 7) is 0. The Balaban J connectivity index is 1.41. The molecule has 0 radical (unpaired) electrons. The topological polar surface area (TPSA) is 175 Å². The van der Waals surface area contributed by atoms with Gasteiger partial charge in [-0.15, -0.1) is 11.8 Å². The van der Waals surface area contributed by atoms with Gasteiger partial charge in [0, 0.05) is 29.6 Å². The number of rotatable bonds is 9. The first-order chi connectivity index (χ1) is 18.8. The number of carbonyl (C=O) groups is 1. The van der Waals surface area contributed by atoms with Crippen LogP contribution in [0.25, 0.3) is 11.1 Å². The number of nitriles is 2. The molecule has 0 aliphatic heterocycles. The van der Waals surface area contributed by atoms with E-state index in [0.29, 0.717) is 21.8 Å². The van der Waals surface area contributed by atoms with Crippen LogP contribution in [-0.2, 0) is 14.8 Å². The number of hydrogen-bond donors (Lipinski definition) is 3. The summed E-state index contributed by atoms with van der Waals surface area (Å²) in [5.74, 6) is 0.178. The fourth-order valence-electron chi connectivity index (χ4n) is 3.60. The van der Waals surface area contributed by atoms with E-state index in [0.717, 1.165) is 0 Å². The van der Waals surface area contributed by atoms with Gasteiger partial charge >= 0.3 is 0 Å². The molecule has 2 aromatic carbocycles. The zero-order valence-corrected chi connectivity index (χ0v) is 22.0. The van der Waals surface area contributed by atoms with Crippen molar-refractivity contribution in [1.29, 1.82) is 10.5 Å². The van der Waals surface area contributed by atoms with Crippen molar-refractivity contribution in [1.82, 2.24) is 9.97 Å². The number of nitrogens with zero attached hydrogens (tertiary/aromatic N) is 4. The maximum Gasteiger partial charge on any atom is 0.263 e. The summed E-state index contributed by atoms with van der Waals surface area (Å²) >= 11 is 1.18. The Hall–Kier alpha value is -4.91. The average molecular weight is 556 g/mol. The SMILES string of the molecule is N#Cc1c(N)nc(SCCC(=O)Nc2ccc(S(=O)(=O)Nc3ccccn3)cc2)c(C#N)c1-c1ccccc1. The maximum atomic E-state index is 12.5. The van der Waals surface area contributed by atoms with Crippen LogP contribution in [0.5, 0.6) is 0 Å². The molecule has 4 N–H and O–H groups in total. The third-order valence-electron chi connectivity index (χ3n) is 5.40. The van der Waals surface area contributed by atoms with Crippen molar-refractivity contribution in [2.24, 2.45) is 0 Å². The summed E-state index contributed by atoms with van der Waals surface area (Å²) in [4.78, 5) is 20.7. The van der Waals surface area contributed by atoms with E-state index in [2.05, 4.69) is 26.1 Å². The minimum Gasteiger partial charge on any atom is -0.383 e. The highest BCUT2D eigenvalue weighted by Gasteiger charge is 2.20. The van der Waals surface area contributed by atoms with Gasteiger partial charge in [0.25, 0.3) is 10.0 Å². The van der Waals surface area contributed by atoms with Crippen molar-refractivity contribution >= 4 is 45.0 Å². The van der Waals surface area contributed by atoms with Gasteiger partial charge in [-0.25, -0.2) is 18.4 Å². The highest BCUT2D eigenvalue weighted by Crippen LogP contribution is 2.35. The fraction of sp³-hybridized carbons (Fsp3) is 0.0741. The van der Waals surface area contributed by atoms with Crippen LogP contribution < -0.4 is 15.8 Å². The number of nitrogens with one attached hydrogen (secondary N) is 2. The number of hydrogen-bond acceptors (Lipinski definition) is 9. The second-order valence-corrected chi connectivity index (χ2v) is 10.8. The van der Waals surface area contributed by atoms with Crippen LogP contribution in [0.1, 0.15) is 17.5 Å². The molecular weight excluding hydrogens is 534 g/mol. The molecule has 10 nitrogen and oxygen atoms in total. The van der Waals surface area contributed by atoms with Gasteiger partial charge < -0.3 is 11.1 Å². The molecule has 0 saturated heterocycles. The van der Waals surface area contributed by atoms with Crippen LogP contribution in [-0.4, -0.2) is 30.0 Å². The van der Waals surface area contributed by atoms with Crippen LogP contribution in [0.3, 0.4) is 0 Å². The Bertz CT molecular complexity index is 1680. The molecule has 0 aliphatic rings. The van der Waals surface area contributed by atoms with Gasteiger partial charge in [0.15, 0.2) is 0 Å². The van der Waals surface area contributed by atoms with E-state index in [4.69, 9.17) is 5.73 Å². The molecule has 0 atom stereocenters. The first kappa shape index (κ1) is 27.1. The number of nitrogen functional groups attached to an aromatic ring is 1. The molecule has 0 fully saturated rings. The molecule has 0 saturated carbocycles. The summed E-state index contributed by atoms with van der Waals surface area (Å²) in [5, 5.41) is 22.5. The molecule has 1 amide bonds. The highest BCUT2D eigenvalue weighted by atomic mass is 32.2. The first-order valence-corrected chi connectivity index (χ1v) is 13.9. The zero-order chi connectivity index (χ0) is 27.8. The molecule has 0 bridgehead atoms. The molecule has 0 unspecified atom stereocenters. The third kappa shape index (κ3) is 6.51. The van der Waals surface area contributed by atoms with Crippen molar-refractivity contribution in [2.75, 3.05) is 21.5 Å². The van der Waals surface area contributed by atoms with Gasteiger partial charge in [-0.05, 0) is 42.0 Å². The first-order valence-electron chi connectivity index (χ1n) is 11.5. The standard InChI is InChI=1S/C27H21N7O3S2/c28-16-21-25(18-6-2-1-3-7-18)22(17-29)27(33-26(21)30)38-15-13-24(35)32-19-9-11-20(12-10-19)39(36,37)34-23-8-4-5-14-31-23/h1-12,14H,13,15H2,(H2,30,33)(H,31,34)(H,32,35). The van der Waals surface area contributed by atoms with Crippen molar-refractivity contribution in [3.05, 3.63) is 90.1 Å². The quantitative estimate of drug-likeness (QED) is 0.253. The van der Waals surface area contributed by atoms with Crippen LogP contribution in [0.15, 0.2) is 88.9 Å². The zero-order valence-electron chi connectivity index (χ0n) is 20.3. The predicted molar refractivity (Wildman–Crippen MR) is 149 cm³/mol. The summed E-state index contributed by atoms with van der Waals surface area (Å²) < 4.78 is 27.5. The number of pyridine rings is 2. The van der Waals surface area contributed by atoms with E-state index in [-0.39, 0.29) is 45.7 Å². The summed E-state index contributed by atoms with van der Waals surface area (Å²) in [5.41, 5.74) is 7.87. The Morgan fingerprint density at radius 3 is 2.28 bits per heavy atom. The molecule has 2 heterocycles. The fourth-order valence-corrected chi connectivity index (χ4v) is 5.54. The van der Waals surface area contributed by atoms with E-state index in [1.54, 1.807) is 36.4 Å². The van der Waals surface area contributed by atoms with Crippen LogP contribution in [0, 0.1) is 22.7 Å². The molecule has 0 aliphatic carbocycles. The molecule has 4 aromatic rings. The number of nitrogens with two attached hydrogens (primary N) is 1. The third-order valence-corrected chi connectivity index (χ3v) is 7.75. The molecular formula is C27H21N7O3S2. The normalized spacial score (nSPS) is 10.7. The second-order valence-electron chi connectivity index (χ2n) is 8.01. The lowest BCUT2D eigenvalue weighted by molar-refractivity contribution is -0.115. The number of thioether (sulfide) groups is 1. The van der Waals surface area contributed by atoms with E-state index >= 15 is 0 Å². The van der Waals surface area contributed by atoms with E-state index in [9.17, 15) is 23.7 Å². The lowest BCUT2D eigenvalue weighted by atomic mass is 9.97. The number of benzene rings is 2. The molecule has 0 spiro atoms. The van der Waals surface area contributed by atoms with Gasteiger partial charge in [-0.3, -0.25) is 9.52 Å². The average Bonchev–Trinajstić information content (AvgIpc) is 2.94. The molecule has 39 heavy (non-hydrogen) atoms. The number of amides is 1. The summed E-state index contributed by atoms with van der Waals surface area (Å²) in [6.07, 6.45) is 1.56. The summed E-state index contributed by atoms with van der Waals surface area (Å²) in [6, 6.07) is 23.7. The second kappa shape index (κ2) is 12.1. The smallest absolute Gasteiger partial charge is 0.263 e. The van der Waals surface area contributed by atoms with Gasteiger partial charge in [-0.2, -0.15) is 10.5 Å². The monoisotopic (exact) mass is 555 g/mol. The van der Waals surface area contributed by atoms with Gasteiger partial charge in [0.2, 0.25) is 5.91 Å². The lowest BCUT2D eigenvalue weighted by Crippen LogP contribution is -2.15.